The first-order chi connectivity index (χ1) is 45.9. The quantitative estimate of drug-likeness (QED) is 0.0343. The van der Waals surface area contributed by atoms with Gasteiger partial charge in [0, 0.05) is 33.4 Å². The van der Waals surface area contributed by atoms with Crippen LogP contribution in [0.15, 0.2) is 122 Å². The Morgan fingerprint density at radius 3 is 1.28 bits per heavy atom. The first-order valence-corrected chi connectivity index (χ1v) is 38.2. The second kappa shape index (κ2) is 38.4. The molecular formula is C72H82Cl6LiN6O11P. The Hall–Kier alpha value is -5.35. The number of amides is 2. The number of imide groups is 1. The molecule has 0 radical (unpaired) electrons. The fourth-order valence-electron chi connectivity index (χ4n) is 14.0. The fraction of sp³-hybridized carbons (Fsp3) is 0.444. The number of pyridine rings is 3. The topological polar surface area (TPSA) is 264 Å². The zero-order valence-corrected chi connectivity index (χ0v) is 59.6. The molecule has 6 fully saturated rings. The number of halogens is 6. The average Bonchev–Trinajstić information content (AvgIpc) is 1.38. The molecule has 25 heteroatoms. The van der Waals surface area contributed by atoms with Crippen LogP contribution >= 0.6 is 73.7 Å². The summed E-state index contributed by atoms with van der Waals surface area (Å²) in [4.78, 5) is 68.0. The van der Waals surface area contributed by atoms with Gasteiger partial charge in [-0.1, -0.05) is 71.2 Å². The molecule has 7 aromatic rings. The van der Waals surface area contributed by atoms with E-state index in [0.717, 1.165) is 138 Å². The number of fused-ring (bicyclic) bond motifs is 1. The predicted molar refractivity (Wildman–Crippen MR) is 374 cm³/mol. The minimum absolute atomic E-state index is 0. The largest absolute Gasteiger partial charge is 1.00 e. The van der Waals surface area contributed by atoms with Crippen molar-refractivity contribution in [3.8, 4) is 0 Å². The molecule has 3 aromatic carbocycles. The molecule has 3 unspecified atom stereocenters. The number of aliphatic hydroxyl groups excluding tert-OH is 1. The van der Waals surface area contributed by atoms with Crippen LogP contribution in [-0.4, -0.2) is 72.2 Å². The summed E-state index contributed by atoms with van der Waals surface area (Å²) in [5.74, 6) is 4.12. The number of ether oxygens (including phenoxy) is 2. The average molecular weight is 1460 g/mol. The maximum Gasteiger partial charge on any atom is 1.00 e. The number of benzene rings is 3. The Morgan fingerprint density at radius 2 is 0.876 bits per heavy atom. The van der Waals surface area contributed by atoms with E-state index in [1.165, 1.54) is 53.5 Å². The first-order valence-electron chi connectivity index (χ1n) is 32.6. The van der Waals surface area contributed by atoms with Crippen molar-refractivity contribution in [2.75, 3.05) is 0 Å². The number of nitrogens with zero attached hydrogens (tertiary/aromatic N) is 5. The number of carbonyl (C=O) groups is 5. The van der Waals surface area contributed by atoms with Gasteiger partial charge in [0.05, 0.1) is 59.2 Å². The number of hydrogen-bond donors (Lipinski definition) is 3. The van der Waals surface area contributed by atoms with Crippen molar-refractivity contribution >= 4 is 111 Å². The third-order valence-electron chi connectivity index (χ3n) is 19.3. The Kier molecular flexibility index (Phi) is 31.3. The SMILES string of the molecule is NCc1cc(C2CC2)cc(C(O)C2CCC(c3ccc(Cl)cc3)CC2)n1.O=CO.O=COC(c1cc(C2CC2)cc(CN(C=O)C=O)n1)C1CCC(c2ccc(Cl)cc2)CC1.O=COC(c1cc(C2CC2)cc2cncn12)C1CCC(c2ccc(Cl)cc2)CC1.O=P(Cl)(Cl)Cl.[Li+].[OH-]. The number of nitrogens with two attached hydrogens (primary N) is 1. The zero-order valence-electron chi connectivity index (χ0n) is 54.1. The van der Waals surface area contributed by atoms with Crippen LogP contribution in [0.3, 0.4) is 0 Å². The number of aliphatic hydroxyl groups is 1. The van der Waals surface area contributed by atoms with Gasteiger partial charge in [-0.15, -0.1) is 0 Å². The van der Waals surface area contributed by atoms with Gasteiger partial charge < -0.3 is 30.9 Å². The van der Waals surface area contributed by atoms with Gasteiger partial charge >= 0.3 is 24.1 Å². The summed E-state index contributed by atoms with van der Waals surface area (Å²) in [5, 5.41) is 16.9. The third kappa shape index (κ3) is 23.6. The summed E-state index contributed by atoms with van der Waals surface area (Å²) < 4.78 is 22.9. The summed E-state index contributed by atoms with van der Waals surface area (Å²) >= 11 is 31.9. The molecule has 3 atom stereocenters. The summed E-state index contributed by atoms with van der Waals surface area (Å²) in [6.45, 7) is 1.41. The van der Waals surface area contributed by atoms with E-state index in [1.54, 1.807) is 0 Å². The van der Waals surface area contributed by atoms with Crippen LogP contribution < -0.4 is 24.6 Å². The predicted octanol–water partition coefficient (Wildman–Crippen LogP) is 15.4. The number of carbonyl (C=O) groups excluding carboxylic acids is 4. The summed E-state index contributed by atoms with van der Waals surface area (Å²) in [5.41, 5.74) is 18.8. The van der Waals surface area contributed by atoms with E-state index in [2.05, 4.69) is 109 Å². The molecule has 0 saturated heterocycles. The van der Waals surface area contributed by atoms with Gasteiger partial charge in [-0.2, -0.15) is 0 Å². The van der Waals surface area contributed by atoms with Gasteiger partial charge in [0.1, 0.15) is 12.2 Å². The minimum atomic E-state index is -3.22. The molecule has 6 aliphatic carbocycles. The van der Waals surface area contributed by atoms with E-state index < -0.39 is 17.4 Å². The van der Waals surface area contributed by atoms with E-state index in [9.17, 15) is 28.8 Å². The van der Waals surface area contributed by atoms with Crippen LogP contribution in [0.1, 0.15) is 231 Å². The van der Waals surface area contributed by atoms with Gasteiger partial charge in [-0.3, -0.25) is 47.8 Å². The molecule has 97 heavy (non-hydrogen) atoms. The van der Waals surface area contributed by atoms with Crippen LogP contribution in [0.25, 0.3) is 5.52 Å². The monoisotopic (exact) mass is 1450 g/mol. The second-order valence-corrected chi connectivity index (χ2v) is 33.6. The van der Waals surface area contributed by atoms with Crippen molar-refractivity contribution in [1.29, 1.82) is 0 Å². The molecule has 4 heterocycles. The van der Waals surface area contributed by atoms with E-state index in [1.807, 2.05) is 61.1 Å². The van der Waals surface area contributed by atoms with Gasteiger partial charge in [-0.05, 0) is 297 Å². The van der Waals surface area contributed by atoms with Gasteiger partial charge in [0.25, 0.3) is 19.4 Å². The van der Waals surface area contributed by atoms with Crippen LogP contribution in [0.4, 0.5) is 0 Å². The van der Waals surface area contributed by atoms with E-state index in [0.29, 0.717) is 85.1 Å². The number of aromatic nitrogens is 4. The molecule has 0 bridgehead atoms. The van der Waals surface area contributed by atoms with Crippen LogP contribution in [0, 0.1) is 17.8 Å². The van der Waals surface area contributed by atoms with Gasteiger partial charge in [0.15, 0.2) is 0 Å². The number of imidazole rings is 1. The summed E-state index contributed by atoms with van der Waals surface area (Å²) in [7, 11) is 0. The van der Waals surface area contributed by atoms with Crippen molar-refractivity contribution in [3.05, 3.63) is 199 Å². The normalized spacial score (nSPS) is 21.2. The van der Waals surface area contributed by atoms with Crippen molar-refractivity contribution in [3.63, 3.8) is 0 Å². The fourth-order valence-corrected chi connectivity index (χ4v) is 14.4. The molecule has 6 saturated carbocycles. The molecule has 0 aliphatic heterocycles. The third-order valence-corrected chi connectivity index (χ3v) is 20.1. The molecule has 2 amide bonds. The van der Waals surface area contributed by atoms with Crippen molar-refractivity contribution < 1.29 is 72.6 Å². The summed E-state index contributed by atoms with van der Waals surface area (Å²) in [6.07, 6.45) is 23.2. The Labute approximate surface area is 608 Å². The molecular weight excluding hydrogens is 1380 g/mol. The Bertz CT molecular complexity index is 3670. The van der Waals surface area contributed by atoms with Crippen LogP contribution in [-0.2, 0) is 51.1 Å². The summed E-state index contributed by atoms with van der Waals surface area (Å²) in [6, 6.07) is 37.2. The molecule has 0 spiro atoms. The molecule has 5 N–H and O–H groups in total. The van der Waals surface area contributed by atoms with Gasteiger partial charge in [-0.25, -0.2) is 4.98 Å². The van der Waals surface area contributed by atoms with Crippen LogP contribution in [0.2, 0.25) is 15.1 Å². The molecule has 4 aromatic heterocycles. The Balaban J connectivity index is 0.000000193. The van der Waals surface area contributed by atoms with E-state index >= 15 is 0 Å². The molecule has 6 aliphatic rings. The molecule has 17 nitrogen and oxygen atoms in total. The maximum atomic E-state index is 11.4. The van der Waals surface area contributed by atoms with Gasteiger partial charge in [0.2, 0.25) is 12.8 Å². The maximum absolute atomic E-state index is 11.4. The number of rotatable bonds is 21. The zero-order chi connectivity index (χ0) is 67.6. The van der Waals surface area contributed by atoms with Crippen molar-refractivity contribution in [2.45, 2.75) is 182 Å². The second-order valence-electron chi connectivity index (χ2n) is 25.7. The molecule has 514 valence electrons. The van der Waals surface area contributed by atoms with Crippen LogP contribution in [0.5, 0.6) is 0 Å². The number of hydrogen-bond acceptors (Lipinski definition) is 14. The Morgan fingerprint density at radius 1 is 0.526 bits per heavy atom. The van der Waals surface area contributed by atoms with E-state index in [4.69, 9.17) is 64.9 Å². The van der Waals surface area contributed by atoms with Crippen molar-refractivity contribution in [2.24, 2.45) is 23.5 Å². The first kappa shape index (κ1) is 79.0. The molecule has 13 rings (SSSR count). The minimum Gasteiger partial charge on any atom is -0.870 e. The smallest absolute Gasteiger partial charge is 0.870 e. The number of carboxylic acid groups (broad SMARTS) is 1. The van der Waals surface area contributed by atoms with Crippen molar-refractivity contribution in [1.82, 2.24) is 24.3 Å². The van der Waals surface area contributed by atoms with E-state index in [-0.39, 0.29) is 55.3 Å². The standard InChI is InChI=1S/C25H27ClN2O4.C24H25ClN2O2.C22H27ClN2O.CH2O2.Cl3OP.Li.H2O/c26-22-9-7-18(8-10-22)17-3-5-20(6-4-17)25(32-16-31)24-12-21(19-1-2-19)11-23(27-24)13-28(14-29)15-30;25-21-9-7-17(8-10-21)16-3-5-19(6-4-16)24(29-15-28)23-12-20(18-1-2-18)11-22-13-26-14-27(22)23;23-19-9-7-15(8-10-19)14-3-5-17(6-4-14)22(26)21-12-18(16-1-2-16)11-20(13-24)25-21;2-1-3;1-5(2,3)4;;/h7-12,14-17,19-20,25H,1-6,13H2;7-16,18-19,24H,1-6H2;7-12,14,16-17,22,26H,1-6,13,24H2;1H,(H,2,3);;;1H2/q;;;;;+1;/p-1.